The van der Waals surface area contributed by atoms with E-state index in [0.717, 1.165) is 0 Å². The highest BCUT2D eigenvalue weighted by atomic mass is 16.4. The molecular weight excluding hydrogens is 182 g/mol. The van der Waals surface area contributed by atoms with Crippen molar-refractivity contribution in [2.75, 3.05) is 0 Å². The molecule has 1 heterocycles. The number of hydrogen-bond donors (Lipinski definition) is 1. The number of carbonyl (C=O) groups is 2. The molecule has 0 spiro atoms. The Morgan fingerprint density at radius 1 is 1.50 bits per heavy atom. The molecule has 0 unspecified atom stereocenters. The van der Waals surface area contributed by atoms with Gasteiger partial charge in [-0.2, -0.15) is 0 Å². The summed E-state index contributed by atoms with van der Waals surface area (Å²) in [5.41, 5.74) is 0.875. The van der Waals surface area contributed by atoms with Gasteiger partial charge >= 0.3 is 5.97 Å². The molecule has 1 atom stereocenters. The first-order valence-corrected chi connectivity index (χ1v) is 4.10. The summed E-state index contributed by atoms with van der Waals surface area (Å²) in [5, 5.41) is 8.73. The van der Waals surface area contributed by atoms with Crippen LogP contribution in [0.15, 0.2) is 40.4 Å². The highest BCUT2D eigenvalue weighted by molar-refractivity contribution is 6.00. The predicted octanol–water partition coefficient (Wildman–Crippen LogP) is 0.721. The third-order valence-electron chi connectivity index (χ3n) is 2.13. The average molecular weight is 189 g/mol. The molecule has 0 saturated heterocycles. The monoisotopic (exact) mass is 189 g/mol. The SMILES string of the molecule is O=C(O)C1=CC2=CC=NC(=O)[C@H]2C=C1. The van der Waals surface area contributed by atoms with E-state index in [9.17, 15) is 9.59 Å². The molecule has 0 bridgehead atoms. The fourth-order valence-corrected chi connectivity index (χ4v) is 1.42. The van der Waals surface area contributed by atoms with Crippen molar-refractivity contribution in [2.24, 2.45) is 10.9 Å². The van der Waals surface area contributed by atoms with Crippen LogP contribution in [0.3, 0.4) is 0 Å². The van der Waals surface area contributed by atoms with Crippen LogP contribution in [0, 0.1) is 5.92 Å². The molecule has 0 saturated carbocycles. The quantitative estimate of drug-likeness (QED) is 0.660. The van der Waals surface area contributed by atoms with Gasteiger partial charge in [0.2, 0.25) is 0 Å². The van der Waals surface area contributed by atoms with Crippen LogP contribution in [0.1, 0.15) is 0 Å². The molecule has 0 aromatic carbocycles. The largest absolute Gasteiger partial charge is 0.478 e. The Bertz CT molecular complexity index is 427. The number of dihydropyridines is 1. The van der Waals surface area contributed by atoms with Crippen molar-refractivity contribution in [3.8, 4) is 0 Å². The van der Waals surface area contributed by atoms with Crippen molar-refractivity contribution in [2.45, 2.75) is 0 Å². The average Bonchev–Trinajstić information content (AvgIpc) is 2.17. The van der Waals surface area contributed by atoms with Crippen LogP contribution in [0.4, 0.5) is 0 Å². The van der Waals surface area contributed by atoms with Crippen molar-refractivity contribution in [3.05, 3.63) is 35.5 Å². The number of aliphatic imine (C=N–C) groups is 1. The van der Waals surface area contributed by atoms with Gasteiger partial charge in [0.1, 0.15) is 0 Å². The molecule has 4 heteroatoms. The lowest BCUT2D eigenvalue weighted by Crippen LogP contribution is -2.18. The lowest BCUT2D eigenvalue weighted by molar-refractivity contribution is -0.132. The van der Waals surface area contributed by atoms with Crippen LogP contribution >= 0.6 is 0 Å². The van der Waals surface area contributed by atoms with Crippen molar-refractivity contribution in [1.29, 1.82) is 0 Å². The van der Waals surface area contributed by atoms with Crippen LogP contribution in [-0.2, 0) is 9.59 Å². The number of nitrogens with zero attached hydrogens (tertiary/aromatic N) is 1. The number of carbonyl (C=O) groups excluding carboxylic acids is 1. The minimum atomic E-state index is -0.990. The van der Waals surface area contributed by atoms with E-state index in [-0.39, 0.29) is 11.5 Å². The smallest absolute Gasteiger partial charge is 0.335 e. The third-order valence-corrected chi connectivity index (χ3v) is 2.13. The summed E-state index contributed by atoms with van der Waals surface area (Å²) in [4.78, 5) is 25.5. The van der Waals surface area contributed by atoms with Crippen LogP contribution in [0.5, 0.6) is 0 Å². The summed E-state index contributed by atoms with van der Waals surface area (Å²) in [6.07, 6.45) is 7.54. The highest BCUT2D eigenvalue weighted by Crippen LogP contribution is 2.25. The summed E-state index contributed by atoms with van der Waals surface area (Å²) >= 11 is 0. The second-order valence-corrected chi connectivity index (χ2v) is 3.02. The summed E-state index contributed by atoms with van der Waals surface area (Å²) in [6, 6.07) is 0. The minimum Gasteiger partial charge on any atom is -0.478 e. The van der Waals surface area contributed by atoms with Gasteiger partial charge < -0.3 is 5.11 Å². The standard InChI is InChI=1S/C10H7NO3/c12-9-8-2-1-7(10(13)14)5-6(8)3-4-11-9/h1-5,8H,(H,13,14)/t8-/m0/s1. The maximum atomic E-state index is 11.2. The lowest BCUT2D eigenvalue weighted by atomic mass is 9.89. The normalized spacial score (nSPS) is 24.0. The summed E-state index contributed by atoms with van der Waals surface area (Å²) in [5.74, 6) is -1.64. The lowest BCUT2D eigenvalue weighted by Gasteiger charge is -2.17. The predicted molar refractivity (Wildman–Crippen MR) is 49.9 cm³/mol. The zero-order valence-electron chi connectivity index (χ0n) is 7.18. The number of carboxylic acid groups (broad SMARTS) is 1. The molecule has 0 aromatic heterocycles. The van der Waals surface area contributed by atoms with Crippen molar-refractivity contribution < 1.29 is 14.7 Å². The fourth-order valence-electron chi connectivity index (χ4n) is 1.42. The number of fused-ring (bicyclic) bond motifs is 1. The molecule has 70 valence electrons. The first kappa shape index (κ1) is 8.62. The van der Waals surface area contributed by atoms with E-state index in [4.69, 9.17) is 5.11 Å². The van der Waals surface area contributed by atoms with E-state index in [1.54, 1.807) is 12.2 Å². The van der Waals surface area contributed by atoms with Crippen LogP contribution in [0.2, 0.25) is 0 Å². The highest BCUT2D eigenvalue weighted by Gasteiger charge is 2.24. The van der Waals surface area contributed by atoms with Gasteiger partial charge in [0.25, 0.3) is 5.91 Å². The first-order chi connectivity index (χ1) is 6.68. The Kier molecular flexibility index (Phi) is 1.89. The van der Waals surface area contributed by atoms with E-state index in [0.29, 0.717) is 5.57 Å². The van der Waals surface area contributed by atoms with Crippen molar-refractivity contribution in [1.82, 2.24) is 0 Å². The molecule has 2 aliphatic rings. The molecule has 1 aliphatic heterocycles. The van der Waals surface area contributed by atoms with Gasteiger partial charge in [-0.15, -0.1) is 0 Å². The van der Waals surface area contributed by atoms with Gasteiger partial charge in [0.15, 0.2) is 0 Å². The van der Waals surface area contributed by atoms with E-state index in [1.165, 1.54) is 18.4 Å². The molecule has 1 aliphatic carbocycles. The Balaban J connectivity index is 2.40. The Labute approximate surface area is 80.0 Å². The van der Waals surface area contributed by atoms with Crippen molar-refractivity contribution in [3.63, 3.8) is 0 Å². The number of carboxylic acids is 1. The third kappa shape index (κ3) is 1.31. The van der Waals surface area contributed by atoms with Gasteiger partial charge in [-0.1, -0.05) is 12.2 Å². The number of amides is 1. The van der Waals surface area contributed by atoms with E-state index in [2.05, 4.69) is 4.99 Å². The number of rotatable bonds is 1. The van der Waals surface area contributed by atoms with Crippen molar-refractivity contribution >= 4 is 18.1 Å². The molecule has 0 aromatic rings. The Hall–Kier alpha value is -1.97. The van der Waals surface area contributed by atoms with E-state index in [1.807, 2.05) is 0 Å². The molecule has 1 N–H and O–H groups in total. The maximum Gasteiger partial charge on any atom is 0.335 e. The molecule has 0 fully saturated rings. The number of aliphatic carboxylic acids is 1. The van der Waals surface area contributed by atoms with Gasteiger partial charge in [-0.25, -0.2) is 9.79 Å². The summed E-state index contributed by atoms with van der Waals surface area (Å²) in [7, 11) is 0. The molecular formula is C10H7NO3. The molecule has 0 radical (unpaired) electrons. The molecule has 2 rings (SSSR count). The second kappa shape index (κ2) is 3.06. The van der Waals surface area contributed by atoms with Crippen LogP contribution < -0.4 is 0 Å². The zero-order chi connectivity index (χ0) is 10.1. The Morgan fingerprint density at radius 2 is 2.29 bits per heavy atom. The molecule has 4 nitrogen and oxygen atoms in total. The summed E-state index contributed by atoms with van der Waals surface area (Å²) in [6.45, 7) is 0. The Morgan fingerprint density at radius 3 is 3.00 bits per heavy atom. The van der Waals surface area contributed by atoms with Gasteiger partial charge in [0, 0.05) is 6.21 Å². The molecule has 1 amide bonds. The summed E-state index contributed by atoms with van der Waals surface area (Å²) < 4.78 is 0. The molecule has 14 heavy (non-hydrogen) atoms. The van der Waals surface area contributed by atoms with Crippen LogP contribution in [0.25, 0.3) is 0 Å². The first-order valence-electron chi connectivity index (χ1n) is 4.10. The number of hydrogen-bond acceptors (Lipinski definition) is 2. The second-order valence-electron chi connectivity index (χ2n) is 3.02. The van der Waals surface area contributed by atoms with E-state index >= 15 is 0 Å². The fraction of sp³-hybridized carbons (Fsp3) is 0.100. The topological polar surface area (TPSA) is 66.7 Å². The number of allylic oxidation sites excluding steroid dienone is 2. The minimum absolute atomic E-state index is 0.190. The zero-order valence-corrected chi connectivity index (χ0v) is 7.18. The van der Waals surface area contributed by atoms with E-state index < -0.39 is 11.9 Å². The van der Waals surface area contributed by atoms with Gasteiger partial charge in [-0.05, 0) is 17.7 Å². The maximum absolute atomic E-state index is 11.2. The van der Waals surface area contributed by atoms with Gasteiger partial charge in [-0.3, -0.25) is 4.79 Å². The van der Waals surface area contributed by atoms with Gasteiger partial charge in [0.05, 0.1) is 11.5 Å². The van der Waals surface area contributed by atoms with Crippen LogP contribution in [-0.4, -0.2) is 23.2 Å².